The average Bonchev–Trinajstić information content (AvgIpc) is 2.79. The summed E-state index contributed by atoms with van der Waals surface area (Å²) in [6.45, 7) is 4.58. The first-order chi connectivity index (χ1) is 10.3. The molecule has 2 aromatic rings. The molecule has 120 valence electrons. The fourth-order valence-corrected chi connectivity index (χ4v) is 2.45. The molecule has 0 radical (unpaired) electrons. The van der Waals surface area contributed by atoms with Crippen LogP contribution in [0.1, 0.15) is 18.6 Å². The minimum atomic E-state index is -3.92. The smallest absolute Gasteiger partial charge is 0.238 e. The number of hydrogen-bond acceptors (Lipinski definition) is 5. The molecule has 1 aromatic carbocycles. The molecule has 0 fully saturated rings. The number of primary sulfonamides is 1. The van der Waals surface area contributed by atoms with Gasteiger partial charge in [0.1, 0.15) is 17.3 Å². The molecule has 7 nitrogen and oxygen atoms in total. The first-order valence-electron chi connectivity index (χ1n) is 6.66. The van der Waals surface area contributed by atoms with Gasteiger partial charge >= 0.3 is 0 Å². The Bertz CT molecular complexity index is 774. The van der Waals surface area contributed by atoms with Crippen LogP contribution in [-0.2, 0) is 21.2 Å². The molecule has 0 saturated carbocycles. The van der Waals surface area contributed by atoms with Gasteiger partial charge in [-0.05, 0) is 32.0 Å². The number of nitrogens with two attached hydrogens (primary N) is 1. The molecule has 2 rings (SSSR count). The van der Waals surface area contributed by atoms with Crippen LogP contribution in [0.15, 0.2) is 23.1 Å². The SMILES string of the molecule is CCOCCc1nc(C)n(-c2cc(S(N)(=O)=O)ccc2F)n1. The van der Waals surface area contributed by atoms with E-state index in [2.05, 4.69) is 10.1 Å². The molecule has 1 heterocycles. The van der Waals surface area contributed by atoms with Crippen LogP contribution in [0.2, 0.25) is 0 Å². The second-order valence-electron chi connectivity index (χ2n) is 4.59. The van der Waals surface area contributed by atoms with Gasteiger partial charge in [0.05, 0.1) is 11.5 Å². The molecule has 22 heavy (non-hydrogen) atoms. The Morgan fingerprint density at radius 3 is 2.77 bits per heavy atom. The normalized spacial score (nSPS) is 11.8. The van der Waals surface area contributed by atoms with Crippen molar-refractivity contribution >= 4 is 10.0 Å². The Labute approximate surface area is 128 Å². The number of benzene rings is 1. The van der Waals surface area contributed by atoms with E-state index in [4.69, 9.17) is 9.88 Å². The Morgan fingerprint density at radius 1 is 1.41 bits per heavy atom. The Kier molecular flexibility index (Phi) is 4.89. The van der Waals surface area contributed by atoms with Gasteiger partial charge in [0.15, 0.2) is 5.82 Å². The van der Waals surface area contributed by atoms with Gasteiger partial charge in [-0.2, -0.15) is 5.10 Å². The van der Waals surface area contributed by atoms with E-state index < -0.39 is 15.8 Å². The summed E-state index contributed by atoms with van der Waals surface area (Å²) in [5, 5.41) is 9.25. The van der Waals surface area contributed by atoms with Crippen LogP contribution in [0, 0.1) is 12.7 Å². The number of ether oxygens (including phenoxy) is 1. The highest BCUT2D eigenvalue weighted by Crippen LogP contribution is 2.19. The topological polar surface area (TPSA) is 100 Å². The minimum Gasteiger partial charge on any atom is -0.381 e. The van der Waals surface area contributed by atoms with Gasteiger partial charge < -0.3 is 4.74 Å². The second-order valence-corrected chi connectivity index (χ2v) is 6.15. The number of hydrogen-bond donors (Lipinski definition) is 1. The van der Waals surface area contributed by atoms with Gasteiger partial charge in [-0.15, -0.1) is 0 Å². The standard InChI is InChI=1S/C13H17FN4O3S/c1-3-21-7-6-13-16-9(2)18(17-13)12-8-10(22(15,19)20)4-5-11(12)14/h4-5,8H,3,6-7H2,1-2H3,(H2,15,19,20). The molecule has 2 N–H and O–H groups in total. The molecule has 1 aromatic heterocycles. The Hall–Kier alpha value is -1.84. The third-order valence-electron chi connectivity index (χ3n) is 2.96. The molecule has 0 saturated heterocycles. The predicted octanol–water partition coefficient (Wildman–Crippen LogP) is 0.941. The molecule has 0 atom stereocenters. The zero-order valence-corrected chi connectivity index (χ0v) is 13.1. The maximum absolute atomic E-state index is 14.0. The van der Waals surface area contributed by atoms with Crippen molar-refractivity contribution in [3.63, 3.8) is 0 Å². The quantitative estimate of drug-likeness (QED) is 0.796. The van der Waals surface area contributed by atoms with Crippen LogP contribution >= 0.6 is 0 Å². The lowest BCUT2D eigenvalue weighted by Crippen LogP contribution is -2.13. The maximum atomic E-state index is 14.0. The second kappa shape index (κ2) is 6.51. The van der Waals surface area contributed by atoms with Gasteiger partial charge in [0, 0.05) is 13.0 Å². The summed E-state index contributed by atoms with van der Waals surface area (Å²) in [5.41, 5.74) is -0.0146. The van der Waals surface area contributed by atoms with Crippen molar-refractivity contribution in [3.8, 4) is 5.69 Å². The van der Waals surface area contributed by atoms with Crippen molar-refractivity contribution in [2.24, 2.45) is 5.14 Å². The Morgan fingerprint density at radius 2 is 2.14 bits per heavy atom. The van der Waals surface area contributed by atoms with Gasteiger partial charge in [-0.25, -0.2) is 27.6 Å². The first kappa shape index (κ1) is 16.5. The van der Waals surface area contributed by atoms with E-state index >= 15 is 0 Å². The van der Waals surface area contributed by atoms with E-state index in [1.54, 1.807) is 6.92 Å². The lowest BCUT2D eigenvalue weighted by atomic mass is 10.3. The molecule has 0 amide bonds. The summed E-state index contributed by atoms with van der Waals surface area (Å²) < 4.78 is 43.2. The van der Waals surface area contributed by atoms with Crippen LogP contribution in [0.5, 0.6) is 0 Å². The van der Waals surface area contributed by atoms with Crippen LogP contribution in [-0.4, -0.2) is 36.4 Å². The van der Waals surface area contributed by atoms with Crippen LogP contribution in [0.25, 0.3) is 5.69 Å². The molecular formula is C13H17FN4O3S. The van der Waals surface area contributed by atoms with E-state index in [1.165, 1.54) is 4.68 Å². The van der Waals surface area contributed by atoms with E-state index in [9.17, 15) is 12.8 Å². The predicted molar refractivity (Wildman–Crippen MR) is 77.6 cm³/mol. The Balaban J connectivity index is 2.39. The third kappa shape index (κ3) is 3.67. The first-order valence-corrected chi connectivity index (χ1v) is 8.20. The largest absolute Gasteiger partial charge is 0.381 e. The van der Waals surface area contributed by atoms with E-state index in [-0.39, 0.29) is 10.6 Å². The number of aryl methyl sites for hydroxylation is 1. The molecule has 9 heteroatoms. The van der Waals surface area contributed by atoms with Gasteiger partial charge in [0.2, 0.25) is 10.0 Å². The molecule has 0 spiro atoms. The minimum absolute atomic E-state index is 0.0146. The van der Waals surface area contributed by atoms with Crippen molar-refractivity contribution in [2.75, 3.05) is 13.2 Å². The van der Waals surface area contributed by atoms with E-state index in [1.807, 2.05) is 6.92 Å². The highest BCUT2D eigenvalue weighted by molar-refractivity contribution is 7.89. The highest BCUT2D eigenvalue weighted by Gasteiger charge is 2.16. The summed E-state index contributed by atoms with van der Waals surface area (Å²) in [7, 11) is -3.92. The molecule has 0 bridgehead atoms. The van der Waals surface area contributed by atoms with Gasteiger partial charge in [-0.1, -0.05) is 0 Å². The number of rotatable bonds is 6. The van der Waals surface area contributed by atoms with Crippen molar-refractivity contribution in [1.82, 2.24) is 14.8 Å². The van der Waals surface area contributed by atoms with E-state index in [0.29, 0.717) is 31.3 Å². The average molecular weight is 328 g/mol. The summed E-state index contributed by atoms with van der Waals surface area (Å²) in [4.78, 5) is 4.03. The molecular weight excluding hydrogens is 311 g/mol. The molecule has 0 aliphatic heterocycles. The maximum Gasteiger partial charge on any atom is 0.238 e. The number of nitrogens with zero attached hydrogens (tertiary/aromatic N) is 3. The lowest BCUT2D eigenvalue weighted by Gasteiger charge is -2.06. The fourth-order valence-electron chi connectivity index (χ4n) is 1.92. The zero-order valence-electron chi connectivity index (χ0n) is 12.3. The van der Waals surface area contributed by atoms with Crippen molar-refractivity contribution in [2.45, 2.75) is 25.2 Å². The summed E-state index contributed by atoms with van der Waals surface area (Å²) in [6.07, 6.45) is 0.484. The van der Waals surface area contributed by atoms with Crippen LogP contribution in [0.3, 0.4) is 0 Å². The highest BCUT2D eigenvalue weighted by atomic mass is 32.2. The van der Waals surface area contributed by atoms with Crippen LogP contribution < -0.4 is 5.14 Å². The van der Waals surface area contributed by atoms with E-state index in [0.717, 1.165) is 18.2 Å². The fraction of sp³-hybridized carbons (Fsp3) is 0.385. The molecule has 0 aliphatic carbocycles. The van der Waals surface area contributed by atoms with Crippen LogP contribution in [0.4, 0.5) is 4.39 Å². The number of sulfonamides is 1. The van der Waals surface area contributed by atoms with Gasteiger partial charge in [-0.3, -0.25) is 0 Å². The number of halogens is 1. The summed E-state index contributed by atoms with van der Waals surface area (Å²) in [5.74, 6) is 0.320. The van der Waals surface area contributed by atoms with Crippen molar-refractivity contribution in [3.05, 3.63) is 35.7 Å². The monoisotopic (exact) mass is 328 g/mol. The zero-order chi connectivity index (χ0) is 16.3. The third-order valence-corrected chi connectivity index (χ3v) is 3.87. The summed E-state index contributed by atoms with van der Waals surface area (Å²) >= 11 is 0. The summed E-state index contributed by atoms with van der Waals surface area (Å²) in [6, 6.07) is 3.28. The van der Waals surface area contributed by atoms with Crippen molar-refractivity contribution < 1.29 is 17.5 Å². The van der Waals surface area contributed by atoms with Crippen molar-refractivity contribution in [1.29, 1.82) is 0 Å². The molecule has 0 aliphatic rings. The van der Waals surface area contributed by atoms with Gasteiger partial charge in [0.25, 0.3) is 0 Å². The number of aromatic nitrogens is 3. The molecule has 0 unspecified atom stereocenters. The lowest BCUT2D eigenvalue weighted by molar-refractivity contribution is 0.149.